The average Bonchev–Trinajstić information content (AvgIpc) is 2.42. The van der Waals surface area contributed by atoms with Crippen LogP contribution < -0.4 is 0 Å². The van der Waals surface area contributed by atoms with Crippen molar-refractivity contribution in [2.75, 3.05) is 18.4 Å². The van der Waals surface area contributed by atoms with Crippen LogP contribution in [0, 0.1) is 5.92 Å². The fraction of sp³-hybridized carbons (Fsp3) is 0.500. The SMILES string of the molecule is O=C(c1ccc(Br)c(O)c1)N1CCCC(CCBr)C1. The first-order valence-corrected chi connectivity index (χ1v) is 8.37. The van der Waals surface area contributed by atoms with Crippen molar-refractivity contribution in [3.8, 4) is 5.75 Å². The number of amides is 1. The van der Waals surface area contributed by atoms with Crippen LogP contribution in [-0.4, -0.2) is 34.3 Å². The van der Waals surface area contributed by atoms with Gasteiger partial charge in [-0.3, -0.25) is 4.79 Å². The van der Waals surface area contributed by atoms with Crippen LogP contribution >= 0.6 is 31.9 Å². The van der Waals surface area contributed by atoms with Gasteiger partial charge in [-0.15, -0.1) is 0 Å². The summed E-state index contributed by atoms with van der Waals surface area (Å²) in [5, 5.41) is 10.6. The molecule has 5 heteroatoms. The molecular formula is C14H17Br2NO2. The van der Waals surface area contributed by atoms with Gasteiger partial charge in [0.05, 0.1) is 4.47 Å². The first kappa shape index (κ1) is 14.9. The number of phenols is 1. The van der Waals surface area contributed by atoms with E-state index in [9.17, 15) is 9.90 Å². The smallest absolute Gasteiger partial charge is 0.253 e. The second kappa shape index (κ2) is 6.75. The lowest BCUT2D eigenvalue weighted by atomic mass is 9.95. The number of alkyl halides is 1. The molecule has 1 aromatic carbocycles. The van der Waals surface area contributed by atoms with Gasteiger partial charge in [-0.1, -0.05) is 15.9 Å². The highest BCUT2D eigenvalue weighted by atomic mass is 79.9. The fourth-order valence-corrected chi connectivity index (χ4v) is 3.36. The molecule has 104 valence electrons. The van der Waals surface area contributed by atoms with Crippen molar-refractivity contribution in [3.63, 3.8) is 0 Å². The van der Waals surface area contributed by atoms with E-state index in [0.29, 0.717) is 16.0 Å². The zero-order chi connectivity index (χ0) is 13.8. The zero-order valence-electron chi connectivity index (χ0n) is 10.6. The monoisotopic (exact) mass is 389 g/mol. The molecule has 0 aliphatic carbocycles. The first-order chi connectivity index (χ1) is 9.11. The molecule has 1 N–H and O–H groups in total. The predicted molar refractivity (Wildman–Crippen MR) is 82.8 cm³/mol. The Morgan fingerprint density at radius 1 is 1.47 bits per heavy atom. The summed E-state index contributed by atoms with van der Waals surface area (Å²) in [5.74, 6) is 0.711. The Bertz CT molecular complexity index is 463. The van der Waals surface area contributed by atoms with Gasteiger partial charge in [-0.25, -0.2) is 0 Å². The Hall–Kier alpha value is -0.550. The van der Waals surface area contributed by atoms with E-state index in [2.05, 4.69) is 31.9 Å². The molecule has 1 unspecified atom stereocenters. The summed E-state index contributed by atoms with van der Waals surface area (Å²) in [6, 6.07) is 4.99. The lowest BCUT2D eigenvalue weighted by Gasteiger charge is -2.32. The second-order valence-electron chi connectivity index (χ2n) is 4.90. The van der Waals surface area contributed by atoms with Crippen LogP contribution in [-0.2, 0) is 0 Å². The summed E-state index contributed by atoms with van der Waals surface area (Å²) >= 11 is 6.69. The third kappa shape index (κ3) is 3.72. The number of nitrogens with zero attached hydrogens (tertiary/aromatic N) is 1. The highest BCUT2D eigenvalue weighted by Crippen LogP contribution is 2.26. The van der Waals surface area contributed by atoms with Gasteiger partial charge in [0.1, 0.15) is 5.75 Å². The molecule has 1 aliphatic heterocycles. The lowest BCUT2D eigenvalue weighted by molar-refractivity contribution is 0.0671. The van der Waals surface area contributed by atoms with Gasteiger partial charge in [0.25, 0.3) is 5.91 Å². The van der Waals surface area contributed by atoms with Crippen LogP contribution in [0.1, 0.15) is 29.6 Å². The highest BCUT2D eigenvalue weighted by molar-refractivity contribution is 9.10. The van der Waals surface area contributed by atoms with Crippen molar-refractivity contribution < 1.29 is 9.90 Å². The van der Waals surface area contributed by atoms with Crippen LogP contribution in [0.15, 0.2) is 22.7 Å². The number of phenolic OH excluding ortho intramolecular Hbond substituents is 1. The summed E-state index contributed by atoms with van der Waals surface area (Å²) in [6.07, 6.45) is 3.36. The Morgan fingerprint density at radius 2 is 2.26 bits per heavy atom. The third-order valence-corrected chi connectivity index (χ3v) is 4.65. The number of aromatic hydroxyl groups is 1. The molecule has 1 fully saturated rings. The topological polar surface area (TPSA) is 40.5 Å². The molecule has 3 nitrogen and oxygen atoms in total. The molecule has 1 atom stereocenters. The molecule has 0 aromatic heterocycles. The van der Waals surface area contributed by atoms with Crippen molar-refractivity contribution in [3.05, 3.63) is 28.2 Å². The van der Waals surface area contributed by atoms with Crippen LogP contribution in [0.4, 0.5) is 0 Å². The summed E-state index contributed by atoms with van der Waals surface area (Å²) in [7, 11) is 0. The Kier molecular flexibility index (Phi) is 5.28. The molecule has 1 amide bonds. The van der Waals surface area contributed by atoms with Crippen molar-refractivity contribution >= 4 is 37.8 Å². The van der Waals surface area contributed by atoms with Gasteiger partial charge in [0.2, 0.25) is 0 Å². The molecule has 1 aliphatic rings. The van der Waals surface area contributed by atoms with Crippen molar-refractivity contribution in [2.24, 2.45) is 5.92 Å². The maximum Gasteiger partial charge on any atom is 0.253 e. The first-order valence-electron chi connectivity index (χ1n) is 6.45. The maximum atomic E-state index is 12.4. The molecular weight excluding hydrogens is 374 g/mol. The number of carbonyl (C=O) groups is 1. The second-order valence-corrected chi connectivity index (χ2v) is 6.55. The van der Waals surface area contributed by atoms with E-state index in [-0.39, 0.29) is 11.7 Å². The van der Waals surface area contributed by atoms with Crippen molar-refractivity contribution in [1.29, 1.82) is 0 Å². The van der Waals surface area contributed by atoms with Crippen molar-refractivity contribution in [2.45, 2.75) is 19.3 Å². The number of piperidine rings is 1. The molecule has 1 aromatic rings. The largest absolute Gasteiger partial charge is 0.507 e. The number of likely N-dealkylation sites (tertiary alicyclic amines) is 1. The molecule has 19 heavy (non-hydrogen) atoms. The molecule has 0 bridgehead atoms. The minimum atomic E-state index is 0.0158. The molecule has 0 spiro atoms. The minimum Gasteiger partial charge on any atom is -0.507 e. The summed E-state index contributed by atoms with van der Waals surface area (Å²) < 4.78 is 0.611. The van der Waals surface area contributed by atoms with Crippen LogP contribution in [0.5, 0.6) is 5.75 Å². The normalized spacial score (nSPS) is 19.5. The van der Waals surface area contributed by atoms with E-state index in [1.165, 1.54) is 12.5 Å². The maximum absolute atomic E-state index is 12.4. The number of carbonyl (C=O) groups excluding carboxylic acids is 1. The number of benzene rings is 1. The number of rotatable bonds is 3. The van der Waals surface area contributed by atoms with Gasteiger partial charge in [0.15, 0.2) is 0 Å². The van der Waals surface area contributed by atoms with Crippen LogP contribution in [0.2, 0.25) is 0 Å². The van der Waals surface area contributed by atoms with Gasteiger partial charge < -0.3 is 10.0 Å². The summed E-state index contributed by atoms with van der Waals surface area (Å²) in [4.78, 5) is 14.3. The van der Waals surface area contributed by atoms with Crippen LogP contribution in [0.25, 0.3) is 0 Å². The fourth-order valence-electron chi connectivity index (χ4n) is 2.47. The highest BCUT2D eigenvalue weighted by Gasteiger charge is 2.24. The van der Waals surface area contributed by atoms with E-state index >= 15 is 0 Å². The number of hydrogen-bond donors (Lipinski definition) is 1. The Morgan fingerprint density at radius 3 is 2.95 bits per heavy atom. The molecule has 1 saturated heterocycles. The van der Waals surface area contributed by atoms with E-state index in [4.69, 9.17) is 0 Å². The standard InChI is InChI=1S/C14H17Br2NO2/c15-6-5-10-2-1-7-17(9-10)14(19)11-3-4-12(16)13(18)8-11/h3-4,8,10,18H,1-2,5-7,9H2. The molecule has 0 radical (unpaired) electrons. The van der Waals surface area contributed by atoms with Gasteiger partial charge in [-0.2, -0.15) is 0 Å². The van der Waals surface area contributed by atoms with Crippen molar-refractivity contribution in [1.82, 2.24) is 4.90 Å². The third-order valence-electron chi connectivity index (χ3n) is 3.52. The molecule has 0 saturated carbocycles. The molecule has 1 heterocycles. The van der Waals surface area contributed by atoms with Gasteiger partial charge >= 0.3 is 0 Å². The van der Waals surface area contributed by atoms with E-state index in [1.807, 2.05) is 4.90 Å². The molecule has 2 rings (SSSR count). The average molecular weight is 391 g/mol. The zero-order valence-corrected chi connectivity index (χ0v) is 13.8. The predicted octanol–water partition coefficient (Wildman–Crippen LogP) is 3.79. The summed E-state index contributed by atoms with van der Waals surface area (Å²) in [6.45, 7) is 1.63. The summed E-state index contributed by atoms with van der Waals surface area (Å²) in [5.41, 5.74) is 0.556. The Labute approximate surface area is 130 Å². The van der Waals surface area contributed by atoms with E-state index in [0.717, 1.165) is 31.3 Å². The van der Waals surface area contributed by atoms with Crippen LogP contribution in [0.3, 0.4) is 0 Å². The minimum absolute atomic E-state index is 0.0158. The number of halogens is 2. The number of hydrogen-bond acceptors (Lipinski definition) is 2. The Balaban J connectivity index is 2.08. The van der Waals surface area contributed by atoms with Gasteiger partial charge in [-0.05, 0) is 59.3 Å². The quantitative estimate of drug-likeness (QED) is 0.797. The van der Waals surface area contributed by atoms with Gasteiger partial charge in [0, 0.05) is 24.0 Å². The van der Waals surface area contributed by atoms with E-state index < -0.39 is 0 Å². The van der Waals surface area contributed by atoms with E-state index in [1.54, 1.807) is 12.1 Å². The lowest BCUT2D eigenvalue weighted by Crippen LogP contribution is -2.40.